The molecule has 1 aliphatic heterocycles. The number of aliphatic hydroxyl groups is 2. The molecule has 0 aromatic rings. The number of unbranched alkanes of at least 4 members (excludes halogenated alkanes) is 2. The standard InChI is InChI=1S/C24H54O5SSi3.C21H50O5SSi3/c1-11-13-18-31(5,6)28-33(9,10)29-32(7,8)19-17-30-16-14-15-25-20-24(12-2)21-26-23(3,4)27-22-24;1-9-11-16-28(3,4)25-30(7,8)26-29(5,6)17-15-27-14-12-13-24-20-21(10-2,18-22)19-23/h11-22H2,1-10H3;22-23H,9-20H2,1-8H3. The molecule has 0 radical (unpaired) electrons. The summed E-state index contributed by atoms with van der Waals surface area (Å²) in [5.41, 5.74) is -0.491. The maximum absolute atomic E-state index is 9.45. The normalized spacial score (nSPS) is 16.6. The van der Waals surface area contributed by atoms with Gasteiger partial charge >= 0.3 is 17.1 Å². The van der Waals surface area contributed by atoms with Crippen LogP contribution in [-0.4, -0.2) is 142 Å². The summed E-state index contributed by atoms with van der Waals surface area (Å²) in [6.07, 6.45) is 8.80. The third-order valence-electron chi connectivity index (χ3n) is 11.6. The molecule has 380 valence electrons. The van der Waals surface area contributed by atoms with Gasteiger partial charge in [0, 0.05) is 24.0 Å². The largest absolute Gasteiger partial charge is 0.437 e. The van der Waals surface area contributed by atoms with Crippen molar-refractivity contribution in [2.45, 2.75) is 201 Å². The summed E-state index contributed by atoms with van der Waals surface area (Å²) in [6, 6.07) is 4.78. The van der Waals surface area contributed by atoms with Crippen LogP contribution >= 0.6 is 23.5 Å². The Morgan fingerprint density at radius 1 is 0.540 bits per heavy atom. The minimum atomic E-state index is -2.09. The van der Waals surface area contributed by atoms with E-state index in [1.807, 2.05) is 44.3 Å². The van der Waals surface area contributed by atoms with Crippen molar-refractivity contribution < 1.29 is 45.6 Å². The van der Waals surface area contributed by atoms with Crippen LogP contribution < -0.4 is 0 Å². The maximum Gasteiger partial charge on any atom is 0.311 e. The van der Waals surface area contributed by atoms with Gasteiger partial charge in [0.25, 0.3) is 0 Å². The van der Waals surface area contributed by atoms with Crippen LogP contribution in [0, 0.1) is 10.8 Å². The first-order valence-electron chi connectivity index (χ1n) is 24.6. The number of rotatable bonds is 36. The molecular weight excluding hydrogens is 933 g/mol. The molecule has 0 amide bonds. The molecule has 0 spiro atoms. The van der Waals surface area contributed by atoms with Crippen LogP contribution in [0.5, 0.6) is 0 Å². The predicted molar refractivity (Wildman–Crippen MR) is 289 cm³/mol. The molecule has 10 nitrogen and oxygen atoms in total. The van der Waals surface area contributed by atoms with E-state index in [1.165, 1.54) is 43.8 Å². The SMILES string of the molecule is CCCC[Si](C)(C)O[Si](C)(C)O[Si](C)(C)CCSCCCOCC(CC)(CO)CO.CCCC[Si](C)(C)O[Si](C)(C)O[Si](C)(C)CCSCCCOCC1(CC)COC(C)(C)OC1. The van der Waals surface area contributed by atoms with Crippen LogP contribution in [0.15, 0.2) is 0 Å². The van der Waals surface area contributed by atoms with Crippen molar-refractivity contribution in [3.63, 3.8) is 0 Å². The zero-order valence-electron chi connectivity index (χ0n) is 44.4. The summed E-state index contributed by atoms with van der Waals surface area (Å²) in [5.74, 6) is 4.02. The Morgan fingerprint density at radius 2 is 0.921 bits per heavy atom. The van der Waals surface area contributed by atoms with Crippen molar-refractivity contribution >= 4 is 73.9 Å². The zero-order chi connectivity index (χ0) is 48.5. The van der Waals surface area contributed by atoms with Crippen molar-refractivity contribution in [2.75, 3.05) is 75.9 Å². The summed E-state index contributed by atoms with van der Waals surface area (Å²) in [6.45, 7) is 44.3. The lowest BCUT2D eigenvalue weighted by Gasteiger charge is -2.42. The molecule has 1 fully saturated rings. The molecule has 0 aliphatic carbocycles. The number of aliphatic hydroxyl groups excluding tert-OH is 2. The van der Waals surface area contributed by atoms with Crippen molar-refractivity contribution in [3.8, 4) is 0 Å². The third-order valence-corrected chi connectivity index (χ3v) is 37.2. The van der Waals surface area contributed by atoms with Gasteiger partial charge in [-0.1, -0.05) is 53.4 Å². The number of hydrogen-bond acceptors (Lipinski definition) is 12. The number of hydrogen-bond donors (Lipinski definition) is 2. The summed E-state index contributed by atoms with van der Waals surface area (Å²) in [5, 5.41) is 18.9. The van der Waals surface area contributed by atoms with Crippen LogP contribution in [0.3, 0.4) is 0 Å². The summed E-state index contributed by atoms with van der Waals surface area (Å²) in [7, 11) is -10.9. The molecule has 1 rings (SSSR count). The Morgan fingerprint density at radius 3 is 1.27 bits per heavy atom. The van der Waals surface area contributed by atoms with E-state index in [2.05, 4.69) is 99.3 Å². The molecule has 0 saturated carbocycles. The maximum atomic E-state index is 9.45. The average molecular weight is 1040 g/mol. The molecular formula is C45H104O10S2Si6. The predicted octanol–water partition coefficient (Wildman–Crippen LogP) is 12.7. The van der Waals surface area contributed by atoms with E-state index < -0.39 is 61.6 Å². The van der Waals surface area contributed by atoms with Gasteiger partial charge in [-0.05, 0) is 165 Å². The molecule has 0 bridgehead atoms. The van der Waals surface area contributed by atoms with Crippen LogP contribution in [-0.2, 0) is 35.4 Å². The van der Waals surface area contributed by atoms with Crippen LogP contribution in [0.2, 0.25) is 103 Å². The van der Waals surface area contributed by atoms with E-state index in [1.54, 1.807) is 0 Å². The van der Waals surface area contributed by atoms with Gasteiger partial charge in [0.1, 0.15) is 0 Å². The molecule has 2 N–H and O–H groups in total. The van der Waals surface area contributed by atoms with Crippen LogP contribution in [0.1, 0.15) is 92.9 Å². The Hall–Kier alpha value is 1.60. The van der Waals surface area contributed by atoms with E-state index in [9.17, 15) is 10.2 Å². The van der Waals surface area contributed by atoms with Crippen molar-refractivity contribution in [3.05, 3.63) is 0 Å². The lowest BCUT2D eigenvalue weighted by atomic mass is 9.87. The monoisotopic (exact) mass is 1040 g/mol. The highest BCUT2D eigenvalue weighted by molar-refractivity contribution is 7.99. The fourth-order valence-corrected chi connectivity index (χ4v) is 40.2. The van der Waals surface area contributed by atoms with Crippen LogP contribution in [0.25, 0.3) is 0 Å². The van der Waals surface area contributed by atoms with Crippen molar-refractivity contribution in [1.82, 2.24) is 0 Å². The summed E-state index contributed by atoms with van der Waals surface area (Å²) >= 11 is 3.99. The first kappa shape index (κ1) is 64.6. The quantitative estimate of drug-likeness (QED) is 0.0460. The van der Waals surface area contributed by atoms with Gasteiger partial charge < -0.3 is 45.6 Å². The molecule has 0 aromatic heterocycles. The van der Waals surface area contributed by atoms with Gasteiger partial charge in [0.15, 0.2) is 39.1 Å². The Kier molecular flexibility index (Phi) is 31.8. The zero-order valence-corrected chi connectivity index (χ0v) is 52.1. The first-order valence-corrected chi connectivity index (χ1v) is 45.0. The molecule has 1 aliphatic rings. The Bertz CT molecular complexity index is 1160. The van der Waals surface area contributed by atoms with Crippen molar-refractivity contribution in [1.29, 1.82) is 0 Å². The van der Waals surface area contributed by atoms with Gasteiger partial charge in [-0.15, -0.1) is 0 Å². The smallest absolute Gasteiger partial charge is 0.311 e. The van der Waals surface area contributed by atoms with Crippen LogP contribution in [0.4, 0.5) is 0 Å². The number of ether oxygens (including phenoxy) is 4. The van der Waals surface area contributed by atoms with E-state index in [-0.39, 0.29) is 18.6 Å². The van der Waals surface area contributed by atoms with E-state index in [0.29, 0.717) is 26.4 Å². The van der Waals surface area contributed by atoms with Crippen molar-refractivity contribution in [2.24, 2.45) is 10.8 Å². The second-order valence-electron chi connectivity index (χ2n) is 22.0. The highest BCUT2D eigenvalue weighted by Gasteiger charge is 2.41. The first-order chi connectivity index (χ1) is 29.0. The summed E-state index contributed by atoms with van der Waals surface area (Å²) < 4.78 is 50.1. The summed E-state index contributed by atoms with van der Waals surface area (Å²) in [4.78, 5) is 0. The molecule has 0 aromatic carbocycles. The molecule has 0 unspecified atom stereocenters. The number of thioether (sulfide) groups is 2. The average Bonchev–Trinajstić information content (AvgIpc) is 3.16. The van der Waals surface area contributed by atoms with Gasteiger partial charge in [-0.25, -0.2) is 0 Å². The molecule has 1 saturated heterocycles. The fourth-order valence-electron chi connectivity index (χ4n) is 7.65. The Balaban J connectivity index is 0.00000123. The second-order valence-corrected chi connectivity index (χ2v) is 49.4. The van der Waals surface area contributed by atoms with E-state index >= 15 is 0 Å². The highest BCUT2D eigenvalue weighted by atomic mass is 32.2. The van der Waals surface area contributed by atoms with E-state index in [4.69, 9.17) is 35.4 Å². The third kappa shape index (κ3) is 31.5. The lowest BCUT2D eigenvalue weighted by Crippen LogP contribution is -2.52. The highest BCUT2D eigenvalue weighted by Crippen LogP contribution is 2.33. The van der Waals surface area contributed by atoms with Gasteiger partial charge in [0.05, 0.1) is 39.6 Å². The minimum absolute atomic E-state index is 0.00233. The molecule has 0 atom stereocenters. The Labute approximate surface area is 405 Å². The minimum Gasteiger partial charge on any atom is -0.437 e. The lowest BCUT2D eigenvalue weighted by molar-refractivity contribution is -0.292. The molecule has 18 heteroatoms. The van der Waals surface area contributed by atoms with E-state index in [0.717, 1.165) is 68.0 Å². The van der Waals surface area contributed by atoms with Gasteiger partial charge in [0.2, 0.25) is 0 Å². The molecule has 63 heavy (non-hydrogen) atoms. The second kappa shape index (κ2) is 31.0. The van der Waals surface area contributed by atoms with Gasteiger partial charge in [-0.3, -0.25) is 0 Å². The molecule has 1 heterocycles. The topological polar surface area (TPSA) is 114 Å². The fraction of sp³-hybridized carbons (Fsp3) is 1.00. The van der Waals surface area contributed by atoms with Gasteiger partial charge in [-0.2, -0.15) is 23.5 Å².